The highest BCUT2D eigenvalue weighted by Crippen LogP contribution is 2.23. The molecule has 0 saturated carbocycles. The predicted octanol–water partition coefficient (Wildman–Crippen LogP) is 4.34. The molecule has 7 heteroatoms. The molecule has 2 amide bonds. The molecule has 0 aliphatic heterocycles. The molecule has 0 fully saturated rings. The fourth-order valence-electron chi connectivity index (χ4n) is 2.51. The topological polar surface area (TPSA) is 49.4 Å². The Kier molecular flexibility index (Phi) is 7.17. The summed E-state index contributed by atoms with van der Waals surface area (Å²) in [6.07, 6.45) is 0. The standard InChI is InChI=1S/C19H22ClFN2O2S/c1-4-23(11-15-9-10-16(20)26-15)19(25)17(12(2)3)22-18(24)13-5-7-14(21)8-6-13/h5-10,12,17H,4,11H2,1-3H3,(H,22,24). The first-order valence-electron chi connectivity index (χ1n) is 8.41. The number of carbonyl (C=O) groups excluding carboxylic acids is 2. The Hall–Kier alpha value is -1.92. The van der Waals surface area contributed by atoms with Crippen LogP contribution < -0.4 is 5.32 Å². The van der Waals surface area contributed by atoms with Gasteiger partial charge >= 0.3 is 0 Å². The van der Waals surface area contributed by atoms with Crippen molar-refractivity contribution in [2.75, 3.05) is 6.54 Å². The van der Waals surface area contributed by atoms with Crippen LogP contribution in [0.2, 0.25) is 4.34 Å². The number of likely N-dealkylation sites (N-methyl/N-ethyl adjacent to an activating group) is 1. The second-order valence-corrected chi connectivity index (χ2v) is 8.06. The van der Waals surface area contributed by atoms with Crippen molar-refractivity contribution in [3.63, 3.8) is 0 Å². The van der Waals surface area contributed by atoms with E-state index in [1.807, 2.05) is 26.8 Å². The zero-order chi connectivity index (χ0) is 19.3. The van der Waals surface area contributed by atoms with Crippen LogP contribution in [0.1, 0.15) is 36.0 Å². The van der Waals surface area contributed by atoms with Crippen molar-refractivity contribution in [3.05, 3.63) is 57.0 Å². The lowest BCUT2D eigenvalue weighted by molar-refractivity contribution is -0.134. The fourth-order valence-corrected chi connectivity index (χ4v) is 3.61. The van der Waals surface area contributed by atoms with Gasteiger partial charge in [-0.1, -0.05) is 25.4 Å². The number of hydrogen-bond donors (Lipinski definition) is 1. The minimum atomic E-state index is -0.664. The molecule has 1 aromatic heterocycles. The third kappa shape index (κ3) is 5.29. The Morgan fingerprint density at radius 1 is 1.19 bits per heavy atom. The Morgan fingerprint density at radius 3 is 2.35 bits per heavy atom. The Labute approximate surface area is 162 Å². The highest BCUT2D eigenvalue weighted by molar-refractivity contribution is 7.16. The predicted molar refractivity (Wildman–Crippen MR) is 103 cm³/mol. The third-order valence-corrected chi connectivity index (χ3v) is 5.21. The van der Waals surface area contributed by atoms with Gasteiger partial charge in [0, 0.05) is 17.0 Å². The van der Waals surface area contributed by atoms with E-state index in [1.165, 1.54) is 35.6 Å². The van der Waals surface area contributed by atoms with Crippen LogP contribution >= 0.6 is 22.9 Å². The first-order valence-corrected chi connectivity index (χ1v) is 9.60. The van der Waals surface area contributed by atoms with E-state index in [1.54, 1.807) is 11.0 Å². The first kappa shape index (κ1) is 20.4. The highest BCUT2D eigenvalue weighted by atomic mass is 35.5. The van der Waals surface area contributed by atoms with Crippen LogP contribution in [0.25, 0.3) is 0 Å². The SMILES string of the molecule is CCN(Cc1ccc(Cl)s1)C(=O)C(NC(=O)c1ccc(F)cc1)C(C)C. The lowest BCUT2D eigenvalue weighted by Gasteiger charge is -2.28. The van der Waals surface area contributed by atoms with E-state index in [-0.39, 0.29) is 11.8 Å². The molecule has 0 aliphatic rings. The molecule has 0 spiro atoms. The molecule has 140 valence electrons. The largest absolute Gasteiger partial charge is 0.340 e. The highest BCUT2D eigenvalue weighted by Gasteiger charge is 2.28. The molecule has 26 heavy (non-hydrogen) atoms. The summed E-state index contributed by atoms with van der Waals surface area (Å²) in [4.78, 5) is 28.1. The summed E-state index contributed by atoms with van der Waals surface area (Å²) in [6, 6.07) is 8.28. The average molecular weight is 397 g/mol. The van der Waals surface area contributed by atoms with Crippen LogP contribution in [0.3, 0.4) is 0 Å². The van der Waals surface area contributed by atoms with Gasteiger partial charge in [-0.05, 0) is 49.2 Å². The smallest absolute Gasteiger partial charge is 0.251 e. The van der Waals surface area contributed by atoms with Gasteiger partial charge in [-0.25, -0.2) is 4.39 Å². The number of amides is 2. The molecule has 1 heterocycles. The molecule has 4 nitrogen and oxygen atoms in total. The lowest BCUT2D eigenvalue weighted by atomic mass is 10.0. The van der Waals surface area contributed by atoms with Gasteiger partial charge in [0.05, 0.1) is 10.9 Å². The molecule has 2 rings (SSSR count). The van der Waals surface area contributed by atoms with Crippen LogP contribution in [0, 0.1) is 11.7 Å². The van der Waals surface area contributed by atoms with E-state index >= 15 is 0 Å². The van der Waals surface area contributed by atoms with Gasteiger partial charge in [0.25, 0.3) is 5.91 Å². The Balaban J connectivity index is 2.12. The molecule has 1 aromatic carbocycles. The van der Waals surface area contributed by atoms with Crippen LogP contribution in [-0.4, -0.2) is 29.3 Å². The second-order valence-electron chi connectivity index (χ2n) is 6.26. The van der Waals surface area contributed by atoms with Crippen LogP contribution in [0.4, 0.5) is 4.39 Å². The number of hydrogen-bond acceptors (Lipinski definition) is 3. The van der Waals surface area contributed by atoms with Gasteiger partial charge in [0.2, 0.25) is 5.91 Å². The minimum absolute atomic E-state index is 0.0899. The van der Waals surface area contributed by atoms with Crippen molar-refractivity contribution < 1.29 is 14.0 Å². The Morgan fingerprint density at radius 2 is 1.85 bits per heavy atom. The molecular weight excluding hydrogens is 375 g/mol. The van der Waals surface area contributed by atoms with E-state index in [9.17, 15) is 14.0 Å². The zero-order valence-corrected chi connectivity index (χ0v) is 16.5. The lowest BCUT2D eigenvalue weighted by Crippen LogP contribution is -2.51. The maximum absolute atomic E-state index is 13.0. The number of nitrogens with one attached hydrogen (secondary N) is 1. The maximum Gasteiger partial charge on any atom is 0.251 e. The first-order chi connectivity index (χ1) is 12.3. The normalized spacial score (nSPS) is 12.1. The molecule has 1 unspecified atom stereocenters. The van der Waals surface area contributed by atoms with E-state index in [4.69, 9.17) is 11.6 Å². The number of thiophene rings is 1. The molecule has 2 aromatic rings. The minimum Gasteiger partial charge on any atom is -0.340 e. The fraction of sp³-hybridized carbons (Fsp3) is 0.368. The number of halogens is 2. The van der Waals surface area contributed by atoms with E-state index in [0.717, 1.165) is 4.88 Å². The van der Waals surface area contributed by atoms with E-state index < -0.39 is 17.8 Å². The molecule has 0 saturated heterocycles. The van der Waals surface area contributed by atoms with Crippen LogP contribution in [0.5, 0.6) is 0 Å². The zero-order valence-electron chi connectivity index (χ0n) is 15.0. The molecular formula is C19H22ClFN2O2S. The van der Waals surface area contributed by atoms with Gasteiger partial charge in [0.15, 0.2) is 0 Å². The number of nitrogens with zero attached hydrogens (tertiary/aromatic N) is 1. The van der Waals surface area contributed by atoms with E-state index in [2.05, 4.69) is 5.32 Å². The summed E-state index contributed by atoms with van der Waals surface area (Å²) in [7, 11) is 0. The molecule has 0 bridgehead atoms. The van der Waals surface area contributed by atoms with Crippen LogP contribution in [0.15, 0.2) is 36.4 Å². The second kappa shape index (κ2) is 9.14. The van der Waals surface area contributed by atoms with Crippen LogP contribution in [-0.2, 0) is 11.3 Å². The summed E-state index contributed by atoms with van der Waals surface area (Å²) >= 11 is 7.39. The third-order valence-electron chi connectivity index (χ3n) is 3.99. The van der Waals surface area contributed by atoms with E-state index in [0.29, 0.717) is 23.0 Å². The quantitative estimate of drug-likeness (QED) is 0.756. The number of carbonyl (C=O) groups is 2. The van der Waals surface area contributed by atoms with Gasteiger partial charge in [0.1, 0.15) is 11.9 Å². The van der Waals surface area contributed by atoms with Gasteiger partial charge in [-0.2, -0.15) is 0 Å². The monoisotopic (exact) mass is 396 g/mol. The van der Waals surface area contributed by atoms with Gasteiger partial charge < -0.3 is 10.2 Å². The molecule has 0 aliphatic carbocycles. The summed E-state index contributed by atoms with van der Waals surface area (Å²) in [6.45, 7) is 6.62. The molecule has 1 atom stereocenters. The van der Waals surface area contributed by atoms with Crippen molar-refractivity contribution in [1.82, 2.24) is 10.2 Å². The van der Waals surface area contributed by atoms with Gasteiger partial charge in [-0.3, -0.25) is 9.59 Å². The van der Waals surface area contributed by atoms with Crippen molar-refractivity contribution in [2.24, 2.45) is 5.92 Å². The number of benzene rings is 1. The number of rotatable bonds is 7. The van der Waals surface area contributed by atoms with Crippen molar-refractivity contribution in [2.45, 2.75) is 33.4 Å². The molecule has 0 radical (unpaired) electrons. The summed E-state index contributed by atoms with van der Waals surface area (Å²) in [5.41, 5.74) is 0.318. The van der Waals surface area contributed by atoms with Gasteiger partial charge in [-0.15, -0.1) is 11.3 Å². The summed E-state index contributed by atoms with van der Waals surface area (Å²) in [5, 5.41) is 2.78. The Bertz CT molecular complexity index is 761. The van der Waals surface area contributed by atoms with Crippen molar-refractivity contribution >= 4 is 34.8 Å². The maximum atomic E-state index is 13.0. The summed E-state index contributed by atoms with van der Waals surface area (Å²) < 4.78 is 13.7. The molecule has 1 N–H and O–H groups in total. The van der Waals surface area contributed by atoms with Crippen molar-refractivity contribution in [1.29, 1.82) is 0 Å². The van der Waals surface area contributed by atoms with Crippen molar-refractivity contribution in [3.8, 4) is 0 Å². The summed E-state index contributed by atoms with van der Waals surface area (Å²) in [5.74, 6) is -1.05. The average Bonchev–Trinajstić information content (AvgIpc) is 3.02.